The molecule has 1 saturated heterocycles. The Morgan fingerprint density at radius 2 is 1.44 bits per heavy atom. The molecule has 3 aromatic rings. The summed E-state index contributed by atoms with van der Waals surface area (Å²) in [5, 5.41) is 2.06. The summed E-state index contributed by atoms with van der Waals surface area (Å²) in [6.45, 7) is -0.607. The lowest BCUT2D eigenvalue weighted by Crippen LogP contribution is -2.52. The van der Waals surface area contributed by atoms with Gasteiger partial charge < -0.3 is 9.47 Å². The topological polar surface area (TPSA) is 110 Å². The molecule has 3 aliphatic rings. The molecule has 6 atom stereocenters. The van der Waals surface area contributed by atoms with E-state index in [1.165, 1.54) is 55.6 Å². The third-order valence-corrected chi connectivity index (χ3v) is 12.5. The van der Waals surface area contributed by atoms with Crippen molar-refractivity contribution in [2.24, 2.45) is 23.7 Å². The van der Waals surface area contributed by atoms with Gasteiger partial charge in [0, 0.05) is 20.8 Å². The van der Waals surface area contributed by atoms with Crippen LogP contribution in [0.25, 0.3) is 0 Å². The van der Waals surface area contributed by atoms with Crippen LogP contribution in [0.2, 0.25) is 10.0 Å². The number of hydrogen-bond acceptors (Lipinski definition) is 7. The van der Waals surface area contributed by atoms with E-state index in [9.17, 15) is 24.0 Å². The van der Waals surface area contributed by atoms with Gasteiger partial charge in [-0.3, -0.25) is 19.2 Å². The van der Waals surface area contributed by atoms with E-state index >= 15 is 0 Å². The Morgan fingerprint density at radius 3 is 2.04 bits per heavy atom. The lowest BCUT2D eigenvalue weighted by atomic mass is 9.81. The van der Waals surface area contributed by atoms with Crippen LogP contribution < -0.4 is 9.47 Å². The zero-order chi connectivity index (χ0) is 32.2. The number of halogens is 4. The number of methoxy groups -OCH3 is 1. The molecule has 3 aromatic carbocycles. The maximum atomic E-state index is 13.9. The predicted octanol–water partition coefficient (Wildman–Crippen LogP) is 6.24. The van der Waals surface area contributed by atoms with Gasteiger partial charge in [-0.25, -0.2) is 9.80 Å². The van der Waals surface area contributed by atoms with Crippen molar-refractivity contribution in [3.63, 3.8) is 0 Å². The standard InChI is InChI=1S/C32H24Br2Cl2N2O7/c1-44-19-4-2-3-17(11-19)32(43)45-18-8-5-15(6-9-18)24(39)14-37(29(40)16-7-10-22(35)23(36)12-16)38-30(41)25-20-13-21(26(25)31(38)42)28(34)27(20)33/h2-12,20-21,25-28H,13-14H2,1H3/t20-,21-,25-,26-,27+,28+/m1/s1. The molecule has 0 radical (unpaired) electrons. The van der Waals surface area contributed by atoms with Crippen molar-refractivity contribution < 1.29 is 33.4 Å². The zero-order valence-corrected chi connectivity index (χ0v) is 28.2. The molecule has 2 saturated carbocycles. The molecule has 0 unspecified atom stereocenters. The minimum absolute atomic E-state index is 0.00200. The highest BCUT2D eigenvalue weighted by Gasteiger charge is 2.67. The normalized spacial score (nSPS) is 24.9. The van der Waals surface area contributed by atoms with Crippen molar-refractivity contribution in [2.75, 3.05) is 13.7 Å². The number of esters is 1. The maximum absolute atomic E-state index is 13.9. The molecule has 0 aromatic heterocycles. The van der Waals surface area contributed by atoms with Gasteiger partial charge in [0.15, 0.2) is 5.78 Å². The van der Waals surface area contributed by atoms with Gasteiger partial charge in [-0.1, -0.05) is 61.1 Å². The summed E-state index contributed by atoms with van der Waals surface area (Å²) in [5.41, 5.74) is 0.500. The van der Waals surface area contributed by atoms with E-state index in [1.54, 1.807) is 18.2 Å². The number of Topliss-reactive ketones (excluding diaryl/α,β-unsaturated/α-hetero) is 1. The van der Waals surface area contributed by atoms with Crippen LogP contribution in [0.3, 0.4) is 0 Å². The second-order valence-electron chi connectivity index (χ2n) is 11.1. The summed E-state index contributed by atoms with van der Waals surface area (Å²) in [4.78, 5) is 67.7. The molecule has 13 heteroatoms. The number of hydrazine groups is 1. The Balaban J connectivity index is 1.25. The van der Waals surface area contributed by atoms with Crippen LogP contribution in [0.15, 0.2) is 66.7 Å². The first kappa shape index (κ1) is 31.7. The fourth-order valence-corrected chi connectivity index (χ4v) is 8.61. The van der Waals surface area contributed by atoms with E-state index in [2.05, 4.69) is 31.9 Å². The summed E-state index contributed by atoms with van der Waals surface area (Å²) < 4.78 is 10.6. The van der Waals surface area contributed by atoms with Crippen LogP contribution in [0.5, 0.6) is 11.5 Å². The molecule has 0 N–H and O–H groups in total. The first-order valence-corrected chi connectivity index (χ1v) is 16.5. The van der Waals surface area contributed by atoms with Crippen LogP contribution in [0.4, 0.5) is 0 Å². The van der Waals surface area contributed by atoms with Crippen LogP contribution in [-0.4, -0.2) is 62.8 Å². The van der Waals surface area contributed by atoms with Crippen molar-refractivity contribution in [2.45, 2.75) is 16.1 Å². The second-order valence-corrected chi connectivity index (χ2v) is 14.0. The molecule has 45 heavy (non-hydrogen) atoms. The van der Waals surface area contributed by atoms with E-state index in [-0.39, 0.29) is 54.0 Å². The van der Waals surface area contributed by atoms with Gasteiger partial charge in [0.05, 0.1) is 34.6 Å². The molecule has 232 valence electrons. The monoisotopic (exact) mass is 776 g/mol. The minimum atomic E-state index is -0.759. The number of carbonyl (C=O) groups is 5. The number of carbonyl (C=O) groups excluding carboxylic acids is 5. The van der Waals surface area contributed by atoms with Crippen molar-refractivity contribution >= 4 is 84.5 Å². The number of ether oxygens (including phenoxy) is 2. The smallest absolute Gasteiger partial charge is 0.343 e. The Bertz CT molecular complexity index is 1700. The quantitative estimate of drug-likeness (QED) is 0.0876. The summed E-state index contributed by atoms with van der Waals surface area (Å²) in [5.74, 6) is -3.64. The molecule has 3 amide bonds. The van der Waals surface area contributed by atoms with Gasteiger partial charge in [0.1, 0.15) is 18.0 Å². The van der Waals surface area contributed by atoms with Crippen LogP contribution in [0.1, 0.15) is 37.5 Å². The van der Waals surface area contributed by atoms with E-state index in [0.717, 1.165) is 10.0 Å². The minimum Gasteiger partial charge on any atom is -0.497 e. The van der Waals surface area contributed by atoms with Crippen molar-refractivity contribution in [1.29, 1.82) is 0 Å². The summed E-state index contributed by atoms with van der Waals surface area (Å²) in [6.07, 6.45) is 0.709. The van der Waals surface area contributed by atoms with Gasteiger partial charge in [-0.05, 0) is 78.9 Å². The molecule has 1 heterocycles. The second kappa shape index (κ2) is 12.5. The average molecular weight is 779 g/mol. The molecule has 6 rings (SSSR count). The lowest BCUT2D eigenvalue weighted by molar-refractivity contribution is -0.154. The van der Waals surface area contributed by atoms with Gasteiger partial charge in [0.25, 0.3) is 17.7 Å². The first-order valence-electron chi connectivity index (χ1n) is 13.9. The fraction of sp³-hybridized carbons (Fsp3) is 0.281. The highest BCUT2D eigenvalue weighted by Crippen LogP contribution is 2.60. The van der Waals surface area contributed by atoms with Gasteiger partial charge in [-0.15, -0.1) is 0 Å². The molecule has 9 nitrogen and oxygen atoms in total. The predicted molar refractivity (Wildman–Crippen MR) is 172 cm³/mol. The summed E-state index contributed by atoms with van der Waals surface area (Å²) >= 11 is 19.6. The van der Waals surface area contributed by atoms with Crippen LogP contribution in [-0.2, 0) is 9.59 Å². The van der Waals surface area contributed by atoms with Crippen molar-refractivity contribution in [1.82, 2.24) is 10.0 Å². The molecular formula is C32H24Br2Cl2N2O7. The largest absolute Gasteiger partial charge is 0.497 e. The number of alkyl halides is 2. The number of hydrogen-bond donors (Lipinski definition) is 0. The number of fused-ring (bicyclic) bond motifs is 5. The molecule has 0 spiro atoms. The molecular weight excluding hydrogens is 755 g/mol. The van der Waals surface area contributed by atoms with Crippen molar-refractivity contribution in [3.8, 4) is 11.5 Å². The highest BCUT2D eigenvalue weighted by molar-refractivity contribution is 9.12. The Hall–Kier alpha value is -3.25. The SMILES string of the molecule is COc1cccc(C(=O)Oc2ccc(C(=O)CN(C(=O)c3ccc(Cl)c(Cl)c3)N3C(=O)[C@@H]4[C@H]5C[C@@H]([C@H](Br)[C@H]5Br)[C@H]4C3=O)cc2)c1. The Labute approximate surface area is 285 Å². The van der Waals surface area contributed by atoms with Crippen LogP contribution >= 0.6 is 55.1 Å². The van der Waals surface area contributed by atoms with Crippen LogP contribution in [0, 0.1) is 23.7 Å². The Kier molecular flexibility index (Phi) is 8.82. The molecule has 1 aliphatic heterocycles. The number of rotatable bonds is 8. The zero-order valence-electron chi connectivity index (χ0n) is 23.5. The third kappa shape index (κ3) is 5.68. The van der Waals surface area contributed by atoms with Gasteiger partial charge >= 0.3 is 5.97 Å². The Morgan fingerprint density at radius 1 is 0.822 bits per heavy atom. The van der Waals surface area contributed by atoms with Gasteiger partial charge in [-0.2, -0.15) is 5.01 Å². The molecule has 2 aliphatic carbocycles. The fourth-order valence-electron chi connectivity index (χ4n) is 6.43. The third-order valence-electron chi connectivity index (χ3n) is 8.59. The number of benzene rings is 3. The number of ketones is 1. The molecule has 3 fully saturated rings. The van der Waals surface area contributed by atoms with E-state index in [4.69, 9.17) is 32.7 Å². The highest BCUT2D eigenvalue weighted by atomic mass is 79.9. The molecule has 2 bridgehead atoms. The summed E-state index contributed by atoms with van der Waals surface area (Å²) in [7, 11) is 1.49. The average Bonchev–Trinajstić information content (AvgIpc) is 3.65. The van der Waals surface area contributed by atoms with Gasteiger partial charge in [0.2, 0.25) is 0 Å². The lowest BCUT2D eigenvalue weighted by Gasteiger charge is -2.31. The van der Waals surface area contributed by atoms with E-state index < -0.39 is 47.9 Å². The first-order chi connectivity index (χ1) is 21.5. The van der Waals surface area contributed by atoms with Crippen molar-refractivity contribution in [3.05, 3.63) is 93.5 Å². The van der Waals surface area contributed by atoms with E-state index in [0.29, 0.717) is 12.2 Å². The number of nitrogens with zero attached hydrogens (tertiary/aromatic N) is 2. The van der Waals surface area contributed by atoms with E-state index in [1.807, 2.05) is 0 Å². The number of imide groups is 1. The summed E-state index contributed by atoms with van der Waals surface area (Å²) in [6, 6.07) is 16.4. The number of amides is 3. The maximum Gasteiger partial charge on any atom is 0.343 e.